The standard InChI is InChI=1S/C24H21Cl2N3O2S/c1-16(28-29-23(30)15-32-14-17-8-10-20(25)11-9-17)18-4-3-7-22(13-18)27-24(31)19-5-2-6-21(26)12-19/h2-13H,14-15H2,1H3,(H,27,31)(H,29,30). The Kier molecular flexibility index (Phi) is 8.73. The minimum absolute atomic E-state index is 0.186. The Morgan fingerprint density at radius 3 is 2.38 bits per heavy atom. The number of benzene rings is 3. The molecule has 0 radical (unpaired) electrons. The lowest BCUT2D eigenvalue weighted by molar-refractivity contribution is -0.118. The highest BCUT2D eigenvalue weighted by atomic mass is 35.5. The zero-order valence-corrected chi connectivity index (χ0v) is 19.6. The third-order valence-corrected chi connectivity index (χ3v) is 5.88. The molecule has 0 heterocycles. The topological polar surface area (TPSA) is 70.6 Å². The highest BCUT2D eigenvalue weighted by Crippen LogP contribution is 2.17. The van der Waals surface area contributed by atoms with Crippen LogP contribution in [-0.4, -0.2) is 23.3 Å². The van der Waals surface area contributed by atoms with E-state index in [4.69, 9.17) is 23.2 Å². The Morgan fingerprint density at radius 2 is 1.62 bits per heavy atom. The van der Waals surface area contributed by atoms with Crippen molar-refractivity contribution >= 4 is 58.2 Å². The number of amides is 2. The molecule has 0 aliphatic carbocycles. The van der Waals surface area contributed by atoms with Crippen molar-refractivity contribution in [2.45, 2.75) is 12.7 Å². The number of nitrogens with zero attached hydrogens (tertiary/aromatic N) is 1. The van der Waals surface area contributed by atoms with Crippen molar-refractivity contribution in [1.29, 1.82) is 0 Å². The van der Waals surface area contributed by atoms with Gasteiger partial charge in [-0.15, -0.1) is 11.8 Å². The minimum Gasteiger partial charge on any atom is -0.322 e. The maximum Gasteiger partial charge on any atom is 0.255 e. The third-order valence-electron chi connectivity index (χ3n) is 4.39. The van der Waals surface area contributed by atoms with Crippen LogP contribution in [0.3, 0.4) is 0 Å². The molecule has 0 unspecified atom stereocenters. The van der Waals surface area contributed by atoms with E-state index in [1.807, 2.05) is 36.4 Å². The molecule has 3 aromatic carbocycles. The van der Waals surface area contributed by atoms with Crippen LogP contribution in [0.4, 0.5) is 5.69 Å². The van der Waals surface area contributed by atoms with Crippen molar-refractivity contribution in [3.8, 4) is 0 Å². The predicted octanol–water partition coefficient (Wildman–Crippen LogP) is 6.02. The molecule has 8 heteroatoms. The molecule has 0 fully saturated rings. The van der Waals surface area contributed by atoms with Crippen LogP contribution < -0.4 is 10.7 Å². The van der Waals surface area contributed by atoms with Crippen LogP contribution in [0.5, 0.6) is 0 Å². The van der Waals surface area contributed by atoms with Crippen LogP contribution in [0.2, 0.25) is 10.0 Å². The Bertz CT molecular complexity index is 1130. The van der Waals surface area contributed by atoms with Gasteiger partial charge in [0.1, 0.15) is 0 Å². The second-order valence-corrected chi connectivity index (χ2v) is 8.76. The van der Waals surface area contributed by atoms with E-state index in [1.54, 1.807) is 43.3 Å². The van der Waals surface area contributed by atoms with Crippen LogP contribution >= 0.6 is 35.0 Å². The summed E-state index contributed by atoms with van der Waals surface area (Å²) in [6.07, 6.45) is 0. The maximum absolute atomic E-state index is 12.4. The smallest absolute Gasteiger partial charge is 0.255 e. The molecule has 0 aliphatic rings. The van der Waals surface area contributed by atoms with Crippen molar-refractivity contribution in [2.24, 2.45) is 5.10 Å². The molecule has 5 nitrogen and oxygen atoms in total. The Labute approximate surface area is 201 Å². The van der Waals surface area contributed by atoms with Gasteiger partial charge in [-0.3, -0.25) is 9.59 Å². The molecule has 0 spiro atoms. The monoisotopic (exact) mass is 485 g/mol. The lowest BCUT2D eigenvalue weighted by Crippen LogP contribution is -2.21. The van der Waals surface area contributed by atoms with Gasteiger partial charge < -0.3 is 5.32 Å². The molecule has 0 aliphatic heterocycles. The number of hydrogen-bond acceptors (Lipinski definition) is 4. The van der Waals surface area contributed by atoms with Gasteiger partial charge in [0, 0.05) is 27.0 Å². The van der Waals surface area contributed by atoms with E-state index in [0.717, 1.165) is 11.1 Å². The lowest BCUT2D eigenvalue weighted by atomic mass is 10.1. The minimum atomic E-state index is -0.259. The highest BCUT2D eigenvalue weighted by Gasteiger charge is 2.08. The number of carbonyl (C=O) groups excluding carboxylic acids is 2. The van der Waals surface area contributed by atoms with Crippen LogP contribution in [-0.2, 0) is 10.5 Å². The Balaban J connectivity index is 1.52. The predicted molar refractivity (Wildman–Crippen MR) is 134 cm³/mol. The average Bonchev–Trinajstić information content (AvgIpc) is 2.79. The summed E-state index contributed by atoms with van der Waals surface area (Å²) >= 11 is 13.3. The summed E-state index contributed by atoms with van der Waals surface area (Å²) in [5.41, 5.74) is 6.17. The van der Waals surface area contributed by atoms with E-state index in [1.165, 1.54) is 11.8 Å². The van der Waals surface area contributed by atoms with E-state index in [9.17, 15) is 9.59 Å². The van der Waals surface area contributed by atoms with Crippen molar-refractivity contribution in [2.75, 3.05) is 11.1 Å². The number of halogens is 2. The summed E-state index contributed by atoms with van der Waals surface area (Å²) < 4.78 is 0. The summed E-state index contributed by atoms with van der Waals surface area (Å²) in [6.45, 7) is 1.79. The van der Waals surface area contributed by atoms with Gasteiger partial charge in [-0.1, -0.05) is 53.5 Å². The first kappa shape index (κ1) is 23.9. The molecule has 0 aromatic heterocycles. The second-order valence-electron chi connectivity index (χ2n) is 6.90. The summed E-state index contributed by atoms with van der Waals surface area (Å²) in [6, 6.07) is 21.5. The highest BCUT2D eigenvalue weighted by molar-refractivity contribution is 7.99. The van der Waals surface area contributed by atoms with Crippen molar-refractivity contribution in [1.82, 2.24) is 5.43 Å². The van der Waals surface area contributed by atoms with Gasteiger partial charge in [0.25, 0.3) is 5.91 Å². The molecule has 3 rings (SSSR count). The van der Waals surface area contributed by atoms with E-state index in [2.05, 4.69) is 15.8 Å². The molecule has 3 aromatic rings. The molecule has 32 heavy (non-hydrogen) atoms. The molecular formula is C24H21Cl2N3O2S. The number of hydrazone groups is 1. The number of nitrogens with one attached hydrogen (secondary N) is 2. The largest absolute Gasteiger partial charge is 0.322 e. The molecule has 0 atom stereocenters. The fraction of sp³-hybridized carbons (Fsp3) is 0.125. The quantitative estimate of drug-likeness (QED) is 0.302. The number of carbonyl (C=O) groups is 2. The molecule has 2 N–H and O–H groups in total. The summed E-state index contributed by atoms with van der Waals surface area (Å²) in [7, 11) is 0. The van der Waals surface area contributed by atoms with Crippen LogP contribution in [0.25, 0.3) is 0 Å². The van der Waals surface area contributed by atoms with Gasteiger partial charge in [-0.25, -0.2) is 5.43 Å². The SMILES string of the molecule is CC(=NNC(=O)CSCc1ccc(Cl)cc1)c1cccc(NC(=O)c2cccc(Cl)c2)c1. The zero-order chi connectivity index (χ0) is 22.9. The van der Waals surface area contributed by atoms with E-state index in [0.29, 0.717) is 32.8 Å². The van der Waals surface area contributed by atoms with E-state index >= 15 is 0 Å². The van der Waals surface area contributed by atoms with Crippen LogP contribution in [0.1, 0.15) is 28.4 Å². The molecule has 2 amide bonds. The average molecular weight is 486 g/mol. The molecular weight excluding hydrogens is 465 g/mol. The lowest BCUT2D eigenvalue weighted by Gasteiger charge is -2.08. The van der Waals surface area contributed by atoms with Gasteiger partial charge >= 0.3 is 0 Å². The van der Waals surface area contributed by atoms with Gasteiger partial charge in [0.2, 0.25) is 5.91 Å². The zero-order valence-electron chi connectivity index (χ0n) is 17.3. The Hall–Kier alpha value is -2.80. The van der Waals surface area contributed by atoms with Crippen molar-refractivity contribution in [3.05, 3.63) is 99.5 Å². The maximum atomic E-state index is 12.4. The van der Waals surface area contributed by atoms with Crippen LogP contribution in [0, 0.1) is 0 Å². The number of hydrogen-bond donors (Lipinski definition) is 2. The fourth-order valence-electron chi connectivity index (χ4n) is 2.74. The first-order valence-electron chi connectivity index (χ1n) is 9.73. The first-order chi connectivity index (χ1) is 15.4. The van der Waals surface area contributed by atoms with Gasteiger partial charge in [0.05, 0.1) is 11.5 Å². The first-order valence-corrected chi connectivity index (χ1v) is 11.6. The normalized spacial score (nSPS) is 11.2. The second kappa shape index (κ2) is 11.7. The van der Waals surface area contributed by atoms with E-state index < -0.39 is 0 Å². The van der Waals surface area contributed by atoms with E-state index in [-0.39, 0.29) is 17.6 Å². The number of thioether (sulfide) groups is 1. The fourth-order valence-corrected chi connectivity index (χ4v) is 3.84. The molecule has 164 valence electrons. The van der Waals surface area contributed by atoms with Crippen molar-refractivity contribution in [3.63, 3.8) is 0 Å². The molecule has 0 saturated heterocycles. The molecule has 0 bridgehead atoms. The summed E-state index contributed by atoms with van der Waals surface area (Å²) in [5.74, 6) is 0.551. The third kappa shape index (κ3) is 7.41. The van der Waals surface area contributed by atoms with Gasteiger partial charge in [-0.2, -0.15) is 5.10 Å². The molecule has 0 saturated carbocycles. The number of rotatable bonds is 8. The van der Waals surface area contributed by atoms with Crippen molar-refractivity contribution < 1.29 is 9.59 Å². The number of anilines is 1. The van der Waals surface area contributed by atoms with Gasteiger partial charge in [-0.05, 0) is 60.5 Å². The van der Waals surface area contributed by atoms with Gasteiger partial charge in [0.15, 0.2) is 0 Å². The summed E-state index contributed by atoms with van der Waals surface area (Å²) in [5, 5.41) is 8.20. The Morgan fingerprint density at radius 1 is 0.906 bits per heavy atom. The summed E-state index contributed by atoms with van der Waals surface area (Å²) in [4.78, 5) is 24.5. The van der Waals surface area contributed by atoms with Crippen LogP contribution in [0.15, 0.2) is 77.9 Å².